The molecule has 1 N–H and O–H groups in total. The summed E-state index contributed by atoms with van der Waals surface area (Å²) >= 11 is 0. The quantitative estimate of drug-likeness (QED) is 0.199. The Morgan fingerprint density at radius 1 is 0.805 bits per heavy atom. The van der Waals surface area contributed by atoms with Gasteiger partial charge in [-0.15, -0.1) is 0 Å². The van der Waals surface area contributed by atoms with Crippen LogP contribution in [0.5, 0.6) is 17.2 Å². The van der Waals surface area contributed by atoms with Crippen molar-refractivity contribution < 1.29 is 19.0 Å². The van der Waals surface area contributed by atoms with E-state index in [1.807, 2.05) is 91.0 Å². The lowest BCUT2D eigenvalue weighted by Gasteiger charge is -2.17. The molecule has 0 aliphatic carbocycles. The van der Waals surface area contributed by atoms with Crippen LogP contribution in [0.3, 0.4) is 0 Å². The van der Waals surface area contributed by atoms with E-state index in [0.29, 0.717) is 23.6 Å². The van der Waals surface area contributed by atoms with Gasteiger partial charge in [0.25, 0.3) is 5.91 Å². The summed E-state index contributed by atoms with van der Waals surface area (Å²) in [5.41, 5.74) is 4.80. The van der Waals surface area contributed by atoms with E-state index in [0.717, 1.165) is 46.7 Å². The molecule has 4 aromatic carbocycles. The summed E-state index contributed by atoms with van der Waals surface area (Å²) in [6.45, 7) is 2.14. The van der Waals surface area contributed by atoms with Crippen LogP contribution in [0.4, 0.5) is 5.69 Å². The van der Waals surface area contributed by atoms with Crippen molar-refractivity contribution in [3.05, 3.63) is 114 Å². The van der Waals surface area contributed by atoms with Gasteiger partial charge < -0.3 is 19.5 Å². The van der Waals surface area contributed by atoms with Crippen LogP contribution in [0.25, 0.3) is 22.2 Å². The number of aromatic nitrogens is 1. The Hall–Kier alpha value is -4.88. The molecule has 5 rings (SSSR count). The summed E-state index contributed by atoms with van der Waals surface area (Å²) in [6, 6.07) is 32.7. The summed E-state index contributed by atoms with van der Waals surface area (Å²) < 4.78 is 16.6. The van der Waals surface area contributed by atoms with Gasteiger partial charge in [0.15, 0.2) is 0 Å². The maximum atomic E-state index is 13.5. The van der Waals surface area contributed by atoms with Crippen molar-refractivity contribution in [1.82, 2.24) is 9.88 Å². The standard InChI is InChI=1S/C34H33N3O4/c1-37(23-24-9-13-27(39-2)14-10-24)19-20-41-28-15-11-26(12-16-28)35-34(38)31-22-33(25-7-5-4-6-8-25)36-32-18-17-29(40-3)21-30(31)32/h4-18,21-22H,19-20,23H2,1-3H3,(H,35,38). The Balaban J connectivity index is 1.23. The molecule has 1 amide bonds. The number of hydrogen-bond donors (Lipinski definition) is 1. The Morgan fingerprint density at radius 3 is 2.20 bits per heavy atom. The largest absolute Gasteiger partial charge is 0.497 e. The molecular formula is C34H33N3O4. The number of hydrogen-bond acceptors (Lipinski definition) is 6. The third-order valence-corrected chi connectivity index (χ3v) is 6.80. The Kier molecular flexibility index (Phi) is 8.76. The van der Waals surface area contributed by atoms with E-state index in [1.165, 1.54) is 5.56 Å². The molecule has 0 aliphatic rings. The first-order valence-corrected chi connectivity index (χ1v) is 13.4. The van der Waals surface area contributed by atoms with Gasteiger partial charge in [-0.05, 0) is 73.3 Å². The molecule has 0 atom stereocenters. The number of amides is 1. The number of benzene rings is 4. The molecule has 0 spiro atoms. The number of likely N-dealkylation sites (N-methyl/N-ethyl adjacent to an activating group) is 1. The third-order valence-electron chi connectivity index (χ3n) is 6.80. The summed E-state index contributed by atoms with van der Waals surface area (Å²) in [5, 5.41) is 3.75. The van der Waals surface area contributed by atoms with Gasteiger partial charge in [-0.25, -0.2) is 4.98 Å². The van der Waals surface area contributed by atoms with Crippen molar-refractivity contribution in [3.63, 3.8) is 0 Å². The molecule has 1 heterocycles. The molecule has 5 aromatic rings. The minimum absolute atomic E-state index is 0.225. The first-order valence-electron chi connectivity index (χ1n) is 13.4. The molecule has 0 bridgehead atoms. The van der Waals surface area contributed by atoms with Crippen LogP contribution >= 0.6 is 0 Å². The topological polar surface area (TPSA) is 72.9 Å². The second-order valence-corrected chi connectivity index (χ2v) is 9.72. The van der Waals surface area contributed by atoms with Crippen molar-refractivity contribution in [2.45, 2.75) is 6.54 Å². The second-order valence-electron chi connectivity index (χ2n) is 9.72. The Labute approximate surface area is 240 Å². The normalized spacial score (nSPS) is 10.9. The van der Waals surface area contributed by atoms with Crippen molar-refractivity contribution in [2.24, 2.45) is 0 Å². The molecule has 0 fully saturated rings. The highest BCUT2D eigenvalue weighted by Gasteiger charge is 2.15. The van der Waals surface area contributed by atoms with Crippen LogP contribution < -0.4 is 19.5 Å². The van der Waals surface area contributed by atoms with Gasteiger partial charge in [0.2, 0.25) is 0 Å². The predicted octanol–water partition coefficient (Wildman–Crippen LogP) is 6.68. The van der Waals surface area contributed by atoms with E-state index >= 15 is 0 Å². The molecule has 0 saturated heterocycles. The molecule has 0 saturated carbocycles. The van der Waals surface area contributed by atoms with Crippen molar-refractivity contribution in [3.8, 4) is 28.5 Å². The van der Waals surface area contributed by atoms with Crippen molar-refractivity contribution in [2.75, 3.05) is 39.7 Å². The predicted molar refractivity (Wildman–Crippen MR) is 163 cm³/mol. The zero-order valence-electron chi connectivity index (χ0n) is 23.5. The van der Waals surface area contributed by atoms with Crippen LogP contribution in [-0.2, 0) is 6.54 Å². The summed E-state index contributed by atoms with van der Waals surface area (Å²) in [6.07, 6.45) is 0. The van der Waals surface area contributed by atoms with Crippen LogP contribution in [0, 0.1) is 0 Å². The van der Waals surface area contributed by atoms with Crippen LogP contribution in [0.15, 0.2) is 103 Å². The number of rotatable bonds is 11. The van der Waals surface area contributed by atoms with Gasteiger partial charge in [0.1, 0.15) is 23.9 Å². The van der Waals surface area contributed by atoms with Crippen LogP contribution in [0.2, 0.25) is 0 Å². The average Bonchev–Trinajstić information content (AvgIpc) is 3.01. The molecule has 0 aliphatic heterocycles. The fourth-order valence-electron chi connectivity index (χ4n) is 4.55. The zero-order chi connectivity index (χ0) is 28.6. The number of fused-ring (bicyclic) bond motifs is 1. The van der Waals surface area contributed by atoms with Gasteiger partial charge in [-0.2, -0.15) is 0 Å². The molecule has 208 valence electrons. The van der Waals surface area contributed by atoms with Crippen molar-refractivity contribution >= 4 is 22.5 Å². The number of nitrogens with one attached hydrogen (secondary N) is 1. The number of methoxy groups -OCH3 is 2. The van der Waals surface area contributed by atoms with E-state index < -0.39 is 0 Å². The summed E-state index contributed by atoms with van der Waals surface area (Å²) in [7, 11) is 5.34. The van der Waals surface area contributed by atoms with Crippen LogP contribution in [0.1, 0.15) is 15.9 Å². The van der Waals surface area contributed by atoms with Crippen LogP contribution in [-0.4, -0.2) is 50.2 Å². The van der Waals surface area contributed by atoms with Gasteiger partial charge in [-0.3, -0.25) is 9.69 Å². The maximum absolute atomic E-state index is 13.5. The van der Waals surface area contributed by atoms with E-state index in [9.17, 15) is 4.79 Å². The molecular weight excluding hydrogens is 514 g/mol. The van der Waals surface area contributed by atoms with Crippen molar-refractivity contribution in [1.29, 1.82) is 0 Å². The number of carbonyl (C=O) groups is 1. The van der Waals surface area contributed by atoms with Gasteiger partial charge in [-0.1, -0.05) is 42.5 Å². The minimum atomic E-state index is -0.225. The number of pyridine rings is 1. The van der Waals surface area contributed by atoms with Gasteiger partial charge in [0, 0.05) is 29.7 Å². The highest BCUT2D eigenvalue weighted by Crippen LogP contribution is 2.28. The maximum Gasteiger partial charge on any atom is 0.256 e. The second kappa shape index (κ2) is 13.0. The SMILES string of the molecule is COc1ccc(CN(C)CCOc2ccc(NC(=O)c3cc(-c4ccccc4)nc4ccc(OC)cc34)cc2)cc1. The van der Waals surface area contributed by atoms with E-state index in [4.69, 9.17) is 19.2 Å². The summed E-state index contributed by atoms with van der Waals surface area (Å²) in [5.74, 6) is 2.03. The Morgan fingerprint density at radius 2 is 1.49 bits per heavy atom. The number of ether oxygens (including phenoxy) is 3. The van der Waals surface area contributed by atoms with Gasteiger partial charge in [0.05, 0.1) is 31.0 Å². The fraction of sp³-hybridized carbons (Fsp3) is 0.176. The van der Waals surface area contributed by atoms with Gasteiger partial charge >= 0.3 is 0 Å². The highest BCUT2D eigenvalue weighted by atomic mass is 16.5. The lowest BCUT2D eigenvalue weighted by molar-refractivity contribution is 0.102. The first kappa shape index (κ1) is 27.7. The number of nitrogens with zero attached hydrogens (tertiary/aromatic N) is 2. The molecule has 0 unspecified atom stereocenters. The zero-order valence-corrected chi connectivity index (χ0v) is 23.5. The third kappa shape index (κ3) is 7.01. The Bertz CT molecular complexity index is 1600. The number of carbonyl (C=O) groups excluding carboxylic acids is 1. The fourth-order valence-corrected chi connectivity index (χ4v) is 4.55. The van der Waals surface area contributed by atoms with E-state index in [-0.39, 0.29) is 5.91 Å². The van der Waals surface area contributed by atoms with E-state index in [1.54, 1.807) is 14.2 Å². The average molecular weight is 548 g/mol. The molecule has 41 heavy (non-hydrogen) atoms. The first-order chi connectivity index (χ1) is 20.0. The molecule has 7 heteroatoms. The minimum Gasteiger partial charge on any atom is -0.497 e. The molecule has 7 nitrogen and oxygen atoms in total. The molecule has 0 radical (unpaired) electrons. The number of anilines is 1. The lowest BCUT2D eigenvalue weighted by Crippen LogP contribution is -2.23. The lowest BCUT2D eigenvalue weighted by atomic mass is 10.0. The summed E-state index contributed by atoms with van der Waals surface area (Å²) in [4.78, 5) is 20.5. The smallest absolute Gasteiger partial charge is 0.256 e. The van der Waals surface area contributed by atoms with E-state index in [2.05, 4.69) is 29.4 Å². The highest BCUT2D eigenvalue weighted by molar-refractivity contribution is 6.13. The molecule has 1 aromatic heterocycles. The monoisotopic (exact) mass is 547 g/mol.